The summed E-state index contributed by atoms with van der Waals surface area (Å²) in [6, 6.07) is 0. The quantitative estimate of drug-likeness (QED) is 0.521. The maximum absolute atomic E-state index is 4.24. The van der Waals surface area contributed by atoms with Gasteiger partial charge >= 0.3 is 0 Å². The highest BCUT2D eigenvalue weighted by Crippen LogP contribution is 2.16. The minimum absolute atomic E-state index is 0.885. The van der Waals surface area contributed by atoms with E-state index >= 15 is 0 Å². The van der Waals surface area contributed by atoms with E-state index in [1.165, 1.54) is 11.3 Å². The molecule has 2 aliphatic rings. The minimum atomic E-state index is 0.885. The molecule has 0 unspecified atom stereocenters. The molecule has 2 rings (SSSR count). The Kier molecular flexibility index (Phi) is 1.24. The molecule has 2 heterocycles. The molecule has 51 valence electrons. The van der Waals surface area contributed by atoms with Gasteiger partial charge < -0.3 is 5.32 Å². The lowest BCUT2D eigenvalue weighted by atomic mass is 10.1. The van der Waals surface area contributed by atoms with Crippen LogP contribution in [-0.4, -0.2) is 6.54 Å². The Bertz CT molecular complexity index is 223. The first-order valence-electron chi connectivity index (χ1n) is 3.44. The van der Waals surface area contributed by atoms with Crippen LogP contribution >= 0.6 is 0 Å². The monoisotopic (exact) mass is 133 g/mol. The van der Waals surface area contributed by atoms with E-state index in [0.29, 0.717) is 0 Å². The Morgan fingerprint density at radius 2 is 2.50 bits per heavy atom. The van der Waals surface area contributed by atoms with Gasteiger partial charge in [-0.1, -0.05) is 6.08 Å². The fourth-order valence-corrected chi connectivity index (χ4v) is 1.16. The Balaban J connectivity index is 2.25. The number of nitrogens with one attached hydrogen (secondary N) is 1. The summed E-state index contributed by atoms with van der Waals surface area (Å²) in [5.41, 5.74) is 2.53. The fourth-order valence-electron chi connectivity index (χ4n) is 1.16. The van der Waals surface area contributed by atoms with Gasteiger partial charge in [-0.15, -0.1) is 0 Å². The van der Waals surface area contributed by atoms with Crippen LogP contribution in [0.5, 0.6) is 0 Å². The van der Waals surface area contributed by atoms with Crippen LogP contribution in [0.4, 0.5) is 0 Å². The summed E-state index contributed by atoms with van der Waals surface area (Å²) in [6.45, 7) is 0.885. The van der Waals surface area contributed by atoms with Gasteiger partial charge in [-0.3, -0.25) is 5.32 Å². The normalized spacial score (nSPS) is 21.6. The molecule has 2 nitrogen and oxygen atoms in total. The molecule has 10 heavy (non-hydrogen) atoms. The average molecular weight is 133 g/mol. The number of allylic oxidation sites excluding steroid dienone is 3. The van der Waals surface area contributed by atoms with E-state index in [9.17, 15) is 0 Å². The van der Waals surface area contributed by atoms with Crippen molar-refractivity contribution in [2.75, 3.05) is 6.54 Å². The second-order valence-corrected chi connectivity index (χ2v) is 2.40. The summed E-state index contributed by atoms with van der Waals surface area (Å²) in [5, 5.41) is 7.35. The summed E-state index contributed by atoms with van der Waals surface area (Å²) in [5.74, 6) is 0. The largest absolute Gasteiger partial charge is 0.385 e. The molecule has 0 saturated carbocycles. The standard InChI is InChI=1S/C8H9N2/c1-2-7-3-5-9-6-8(7)10-4-1/h1,3-5,9H,2,6H2. The lowest BCUT2D eigenvalue weighted by Gasteiger charge is -2.17. The van der Waals surface area contributed by atoms with Crippen LogP contribution in [0.2, 0.25) is 0 Å². The van der Waals surface area contributed by atoms with Crippen LogP contribution < -0.4 is 10.6 Å². The van der Waals surface area contributed by atoms with Gasteiger partial charge in [0.05, 0.1) is 12.2 Å². The van der Waals surface area contributed by atoms with Crippen LogP contribution in [0.1, 0.15) is 6.42 Å². The van der Waals surface area contributed by atoms with E-state index in [4.69, 9.17) is 0 Å². The lowest BCUT2D eigenvalue weighted by molar-refractivity contribution is 0.805. The summed E-state index contributed by atoms with van der Waals surface area (Å²) in [6.07, 6.45) is 9.06. The molecule has 1 N–H and O–H groups in total. The molecule has 0 spiro atoms. The molecular formula is C8H9N2. The predicted octanol–water partition coefficient (Wildman–Crippen LogP) is 0.879. The first kappa shape index (κ1) is 5.59. The number of hydrogen-bond acceptors (Lipinski definition) is 1. The zero-order valence-corrected chi connectivity index (χ0v) is 5.67. The smallest absolute Gasteiger partial charge is 0.0629 e. The Hall–Kier alpha value is -1.18. The van der Waals surface area contributed by atoms with Crippen molar-refractivity contribution in [1.82, 2.24) is 10.6 Å². The van der Waals surface area contributed by atoms with Gasteiger partial charge in [0, 0.05) is 6.20 Å². The van der Waals surface area contributed by atoms with Gasteiger partial charge in [-0.25, -0.2) is 0 Å². The number of rotatable bonds is 0. The van der Waals surface area contributed by atoms with Crippen molar-refractivity contribution >= 4 is 0 Å². The number of hydrogen-bond donors (Lipinski definition) is 1. The molecule has 0 aliphatic carbocycles. The molecule has 0 aromatic heterocycles. The topological polar surface area (TPSA) is 26.1 Å². The van der Waals surface area contributed by atoms with Crippen LogP contribution in [0.3, 0.4) is 0 Å². The minimum Gasteiger partial charge on any atom is -0.385 e. The molecular weight excluding hydrogens is 124 g/mol. The first-order chi connectivity index (χ1) is 4.97. The summed E-state index contributed by atoms with van der Waals surface area (Å²) in [4.78, 5) is 0. The van der Waals surface area contributed by atoms with Crippen molar-refractivity contribution in [2.45, 2.75) is 6.42 Å². The molecule has 0 aromatic carbocycles. The lowest BCUT2D eigenvalue weighted by Crippen LogP contribution is -2.21. The predicted molar refractivity (Wildman–Crippen MR) is 40.1 cm³/mol. The van der Waals surface area contributed by atoms with Gasteiger partial charge in [-0.2, -0.15) is 0 Å². The Morgan fingerprint density at radius 1 is 1.50 bits per heavy atom. The van der Waals surface area contributed by atoms with E-state index in [2.05, 4.69) is 22.8 Å². The SMILES string of the molecule is C1=C[N]C2=C(C=CNC2)C1. The molecule has 0 fully saturated rings. The Morgan fingerprint density at radius 3 is 3.40 bits per heavy atom. The first-order valence-corrected chi connectivity index (χ1v) is 3.44. The van der Waals surface area contributed by atoms with E-state index in [1.54, 1.807) is 0 Å². The summed E-state index contributed by atoms with van der Waals surface area (Å²) >= 11 is 0. The fraction of sp³-hybridized carbons (Fsp3) is 0.250. The van der Waals surface area contributed by atoms with Gasteiger partial charge in [0.15, 0.2) is 0 Å². The highest BCUT2D eigenvalue weighted by molar-refractivity contribution is 5.33. The summed E-state index contributed by atoms with van der Waals surface area (Å²) in [7, 11) is 0. The van der Waals surface area contributed by atoms with Gasteiger partial charge in [0.2, 0.25) is 0 Å². The maximum Gasteiger partial charge on any atom is 0.0629 e. The van der Waals surface area contributed by atoms with E-state index < -0.39 is 0 Å². The molecule has 2 aliphatic heterocycles. The third-order valence-corrected chi connectivity index (χ3v) is 1.72. The number of dihydropyridines is 1. The van der Waals surface area contributed by atoms with E-state index in [-0.39, 0.29) is 0 Å². The van der Waals surface area contributed by atoms with Crippen molar-refractivity contribution in [1.29, 1.82) is 0 Å². The van der Waals surface area contributed by atoms with E-state index in [0.717, 1.165) is 13.0 Å². The van der Waals surface area contributed by atoms with Gasteiger partial charge in [-0.05, 0) is 24.3 Å². The maximum atomic E-state index is 4.24. The van der Waals surface area contributed by atoms with Crippen molar-refractivity contribution in [3.8, 4) is 0 Å². The van der Waals surface area contributed by atoms with Crippen LogP contribution in [0.25, 0.3) is 0 Å². The third kappa shape index (κ3) is 0.817. The molecule has 0 aromatic rings. The van der Waals surface area contributed by atoms with Gasteiger partial charge in [0.25, 0.3) is 0 Å². The number of nitrogens with zero attached hydrogens (tertiary/aromatic N) is 1. The van der Waals surface area contributed by atoms with E-state index in [1.807, 2.05) is 12.4 Å². The molecule has 1 radical (unpaired) electrons. The van der Waals surface area contributed by atoms with Gasteiger partial charge in [0.1, 0.15) is 0 Å². The van der Waals surface area contributed by atoms with Crippen molar-refractivity contribution in [3.63, 3.8) is 0 Å². The zero-order valence-electron chi connectivity index (χ0n) is 5.67. The average Bonchev–Trinajstić information content (AvgIpc) is 2.05. The third-order valence-electron chi connectivity index (χ3n) is 1.72. The molecule has 0 amide bonds. The van der Waals surface area contributed by atoms with Crippen molar-refractivity contribution < 1.29 is 0 Å². The highest BCUT2D eigenvalue weighted by Gasteiger charge is 2.08. The van der Waals surface area contributed by atoms with Crippen LogP contribution in [-0.2, 0) is 0 Å². The summed E-state index contributed by atoms with van der Waals surface area (Å²) < 4.78 is 0. The zero-order chi connectivity index (χ0) is 6.81. The van der Waals surface area contributed by atoms with Crippen LogP contribution in [0, 0.1) is 0 Å². The highest BCUT2D eigenvalue weighted by atomic mass is 15.0. The second-order valence-electron chi connectivity index (χ2n) is 2.40. The molecule has 0 atom stereocenters. The second kappa shape index (κ2) is 2.21. The Labute approximate surface area is 60.3 Å². The van der Waals surface area contributed by atoms with Crippen molar-refractivity contribution in [3.05, 3.63) is 35.8 Å². The van der Waals surface area contributed by atoms with Crippen LogP contribution in [0.15, 0.2) is 35.8 Å². The van der Waals surface area contributed by atoms with Crippen molar-refractivity contribution in [2.24, 2.45) is 0 Å². The molecule has 0 saturated heterocycles. The molecule has 0 bridgehead atoms. The molecule has 2 heteroatoms.